The van der Waals surface area contributed by atoms with E-state index < -0.39 is 0 Å². The Labute approximate surface area is 104 Å². The fourth-order valence-corrected chi connectivity index (χ4v) is 1.93. The molecule has 0 aliphatic carbocycles. The van der Waals surface area contributed by atoms with Gasteiger partial charge in [0.1, 0.15) is 5.75 Å². The van der Waals surface area contributed by atoms with E-state index >= 15 is 0 Å². The second-order valence-electron chi connectivity index (χ2n) is 3.90. The highest BCUT2D eigenvalue weighted by molar-refractivity contribution is 5.36. The van der Waals surface area contributed by atoms with E-state index in [4.69, 9.17) is 15.2 Å². The van der Waals surface area contributed by atoms with E-state index in [2.05, 4.69) is 6.92 Å². The van der Waals surface area contributed by atoms with Gasteiger partial charge in [0.15, 0.2) is 0 Å². The summed E-state index contributed by atoms with van der Waals surface area (Å²) in [4.78, 5) is 0. The lowest BCUT2D eigenvalue weighted by Crippen LogP contribution is -2.29. The van der Waals surface area contributed by atoms with E-state index in [1.807, 2.05) is 38.1 Å². The lowest BCUT2D eigenvalue weighted by Gasteiger charge is -2.24. The van der Waals surface area contributed by atoms with Gasteiger partial charge in [-0.1, -0.05) is 25.1 Å². The molecule has 0 fully saturated rings. The number of nitrogens with two attached hydrogens (primary N) is 1. The Morgan fingerprint density at radius 3 is 2.41 bits per heavy atom. The molecule has 0 radical (unpaired) electrons. The zero-order valence-electron chi connectivity index (χ0n) is 11.0. The Morgan fingerprint density at radius 2 is 1.82 bits per heavy atom. The molecule has 0 aliphatic heterocycles. The summed E-state index contributed by atoms with van der Waals surface area (Å²) in [6, 6.07) is 7.77. The lowest BCUT2D eigenvalue weighted by atomic mass is 9.99. The van der Waals surface area contributed by atoms with Gasteiger partial charge < -0.3 is 15.2 Å². The second kappa shape index (κ2) is 7.30. The van der Waals surface area contributed by atoms with Crippen LogP contribution in [0.1, 0.15) is 38.8 Å². The number of benzene rings is 1. The molecular formula is C14H23NO2. The number of hydrogen-bond acceptors (Lipinski definition) is 3. The Balaban J connectivity index is 2.89. The zero-order valence-corrected chi connectivity index (χ0v) is 11.0. The van der Waals surface area contributed by atoms with Crippen LogP contribution in [0.5, 0.6) is 5.75 Å². The maximum atomic E-state index is 6.26. The highest BCUT2D eigenvalue weighted by Gasteiger charge is 2.20. The predicted molar refractivity (Wildman–Crippen MR) is 70.2 cm³/mol. The van der Waals surface area contributed by atoms with Crippen LogP contribution in [0, 0.1) is 0 Å². The Bertz CT molecular complexity index is 328. The van der Waals surface area contributed by atoms with Gasteiger partial charge >= 0.3 is 0 Å². The van der Waals surface area contributed by atoms with Gasteiger partial charge in [0.25, 0.3) is 0 Å². The average molecular weight is 237 g/mol. The lowest BCUT2D eigenvalue weighted by molar-refractivity contribution is 0.0407. The van der Waals surface area contributed by atoms with Crippen molar-refractivity contribution in [3.8, 4) is 5.75 Å². The third kappa shape index (κ3) is 3.72. The predicted octanol–water partition coefficient (Wildman–Crippen LogP) is 2.90. The van der Waals surface area contributed by atoms with E-state index in [0.29, 0.717) is 13.2 Å². The SMILES string of the molecule is CCOc1ccccc1C(N)C(CC)OCC. The van der Waals surface area contributed by atoms with Crippen molar-refractivity contribution in [3.63, 3.8) is 0 Å². The molecule has 0 saturated heterocycles. The van der Waals surface area contributed by atoms with E-state index in [1.54, 1.807) is 0 Å². The van der Waals surface area contributed by atoms with Crippen molar-refractivity contribution < 1.29 is 9.47 Å². The van der Waals surface area contributed by atoms with Crippen LogP contribution in [0.25, 0.3) is 0 Å². The quantitative estimate of drug-likeness (QED) is 0.793. The summed E-state index contributed by atoms with van der Waals surface area (Å²) in [5.74, 6) is 0.862. The first-order valence-electron chi connectivity index (χ1n) is 6.33. The third-order valence-corrected chi connectivity index (χ3v) is 2.76. The van der Waals surface area contributed by atoms with Crippen LogP contribution in [-0.4, -0.2) is 19.3 Å². The third-order valence-electron chi connectivity index (χ3n) is 2.76. The summed E-state index contributed by atoms with van der Waals surface area (Å²) in [7, 11) is 0. The van der Waals surface area contributed by atoms with Crippen LogP contribution in [0.4, 0.5) is 0 Å². The van der Waals surface area contributed by atoms with Crippen LogP contribution in [0.15, 0.2) is 24.3 Å². The van der Waals surface area contributed by atoms with Crippen molar-refractivity contribution in [2.45, 2.75) is 39.3 Å². The van der Waals surface area contributed by atoms with Crippen LogP contribution >= 0.6 is 0 Å². The van der Waals surface area contributed by atoms with E-state index in [-0.39, 0.29) is 12.1 Å². The number of para-hydroxylation sites is 1. The Hall–Kier alpha value is -1.06. The molecule has 0 aliphatic rings. The van der Waals surface area contributed by atoms with Gasteiger partial charge in [0.2, 0.25) is 0 Å². The molecule has 3 nitrogen and oxygen atoms in total. The minimum atomic E-state index is -0.136. The average Bonchev–Trinajstić information content (AvgIpc) is 2.36. The summed E-state index contributed by atoms with van der Waals surface area (Å²) in [5, 5.41) is 0. The fraction of sp³-hybridized carbons (Fsp3) is 0.571. The molecule has 0 saturated carbocycles. The standard InChI is InChI=1S/C14H23NO2/c1-4-12(16-5-2)14(15)11-9-7-8-10-13(11)17-6-3/h7-10,12,14H,4-6,15H2,1-3H3. The minimum absolute atomic E-state index is 0.0432. The summed E-state index contributed by atoms with van der Waals surface area (Å²) >= 11 is 0. The van der Waals surface area contributed by atoms with Gasteiger partial charge in [-0.25, -0.2) is 0 Å². The summed E-state index contributed by atoms with van der Waals surface area (Å²) < 4.78 is 11.3. The summed E-state index contributed by atoms with van der Waals surface area (Å²) in [6.45, 7) is 7.38. The monoisotopic (exact) mass is 237 g/mol. The maximum absolute atomic E-state index is 6.26. The highest BCUT2D eigenvalue weighted by Crippen LogP contribution is 2.27. The first-order valence-corrected chi connectivity index (χ1v) is 6.33. The highest BCUT2D eigenvalue weighted by atomic mass is 16.5. The smallest absolute Gasteiger partial charge is 0.124 e. The molecule has 1 rings (SSSR count). The van der Waals surface area contributed by atoms with E-state index in [0.717, 1.165) is 17.7 Å². The van der Waals surface area contributed by atoms with Crippen molar-refractivity contribution in [2.24, 2.45) is 5.73 Å². The van der Waals surface area contributed by atoms with Crippen LogP contribution in [0.2, 0.25) is 0 Å². The minimum Gasteiger partial charge on any atom is -0.494 e. The van der Waals surface area contributed by atoms with Crippen molar-refractivity contribution in [1.29, 1.82) is 0 Å². The maximum Gasteiger partial charge on any atom is 0.124 e. The number of hydrogen-bond donors (Lipinski definition) is 1. The van der Waals surface area contributed by atoms with Gasteiger partial charge in [-0.05, 0) is 26.3 Å². The number of ether oxygens (including phenoxy) is 2. The molecule has 0 aromatic heterocycles. The van der Waals surface area contributed by atoms with Gasteiger partial charge in [0.05, 0.1) is 18.8 Å². The van der Waals surface area contributed by atoms with Crippen molar-refractivity contribution in [1.82, 2.24) is 0 Å². The molecule has 2 N–H and O–H groups in total. The molecule has 0 bridgehead atoms. The first kappa shape index (κ1) is 14.0. The topological polar surface area (TPSA) is 44.5 Å². The molecule has 0 spiro atoms. The summed E-state index contributed by atoms with van der Waals surface area (Å²) in [5.41, 5.74) is 7.28. The van der Waals surface area contributed by atoms with E-state index in [1.165, 1.54) is 0 Å². The molecule has 2 atom stereocenters. The van der Waals surface area contributed by atoms with Gasteiger partial charge in [0, 0.05) is 12.2 Å². The van der Waals surface area contributed by atoms with Gasteiger partial charge in [-0.3, -0.25) is 0 Å². The molecule has 1 aromatic rings. The second-order valence-corrected chi connectivity index (χ2v) is 3.90. The Morgan fingerprint density at radius 1 is 1.12 bits per heavy atom. The van der Waals surface area contributed by atoms with Crippen LogP contribution in [-0.2, 0) is 4.74 Å². The Kier molecular flexibility index (Phi) is 6.01. The summed E-state index contributed by atoms with van der Waals surface area (Å²) in [6.07, 6.45) is 0.941. The fourth-order valence-electron chi connectivity index (χ4n) is 1.93. The normalized spacial score (nSPS) is 14.4. The van der Waals surface area contributed by atoms with Crippen molar-refractivity contribution in [3.05, 3.63) is 29.8 Å². The van der Waals surface area contributed by atoms with E-state index in [9.17, 15) is 0 Å². The van der Waals surface area contributed by atoms with Crippen molar-refractivity contribution >= 4 is 0 Å². The first-order chi connectivity index (χ1) is 8.24. The molecule has 1 aromatic carbocycles. The molecule has 0 heterocycles. The molecule has 96 valence electrons. The largest absolute Gasteiger partial charge is 0.494 e. The van der Waals surface area contributed by atoms with Crippen molar-refractivity contribution in [2.75, 3.05) is 13.2 Å². The molecule has 17 heavy (non-hydrogen) atoms. The zero-order chi connectivity index (χ0) is 12.7. The molecular weight excluding hydrogens is 214 g/mol. The van der Waals surface area contributed by atoms with Crippen LogP contribution < -0.4 is 10.5 Å². The molecule has 0 amide bonds. The van der Waals surface area contributed by atoms with Gasteiger partial charge in [-0.2, -0.15) is 0 Å². The van der Waals surface area contributed by atoms with Crippen LogP contribution in [0.3, 0.4) is 0 Å². The molecule has 3 heteroatoms. The van der Waals surface area contributed by atoms with Gasteiger partial charge in [-0.15, -0.1) is 0 Å². The molecule has 2 unspecified atom stereocenters. The number of rotatable bonds is 7.